The minimum atomic E-state index is 0.0259. The van der Waals surface area contributed by atoms with E-state index in [1.165, 1.54) is 6.92 Å². The van der Waals surface area contributed by atoms with Crippen molar-refractivity contribution in [1.29, 1.82) is 0 Å². The molecule has 0 atom stereocenters. The van der Waals surface area contributed by atoms with E-state index >= 15 is 0 Å². The van der Waals surface area contributed by atoms with E-state index in [1.54, 1.807) is 0 Å². The van der Waals surface area contributed by atoms with Crippen LogP contribution in [0.2, 0.25) is 0 Å². The van der Waals surface area contributed by atoms with Gasteiger partial charge in [0.25, 0.3) is 0 Å². The third kappa shape index (κ3) is 3.05. The van der Waals surface area contributed by atoms with Crippen LogP contribution in [-0.2, 0) is 4.79 Å². The van der Waals surface area contributed by atoms with Gasteiger partial charge in [-0.15, -0.1) is 0 Å². The zero-order valence-electron chi connectivity index (χ0n) is 6.71. The van der Waals surface area contributed by atoms with Gasteiger partial charge in [0.2, 0.25) is 0 Å². The molecule has 0 aliphatic carbocycles. The summed E-state index contributed by atoms with van der Waals surface area (Å²) < 4.78 is 6.15. The summed E-state index contributed by atoms with van der Waals surface area (Å²) in [5.41, 5.74) is 0. The van der Waals surface area contributed by atoms with E-state index in [2.05, 4.69) is 15.9 Å². The first-order chi connectivity index (χ1) is 5.68. The van der Waals surface area contributed by atoms with Gasteiger partial charge in [-0.25, -0.2) is 0 Å². The predicted molar refractivity (Wildman–Crippen MR) is 50.3 cm³/mol. The van der Waals surface area contributed by atoms with Gasteiger partial charge in [-0.2, -0.15) is 0 Å². The second kappa shape index (κ2) is 4.26. The average molecular weight is 229 g/mol. The number of hydrogen-bond acceptors (Lipinski definition) is 2. The number of halogens is 1. The lowest BCUT2D eigenvalue weighted by Crippen LogP contribution is -2.06. The van der Waals surface area contributed by atoms with Crippen LogP contribution in [0.15, 0.2) is 28.7 Å². The van der Waals surface area contributed by atoms with Gasteiger partial charge in [0.1, 0.15) is 12.4 Å². The maximum Gasteiger partial charge on any atom is 0.167 e. The first kappa shape index (κ1) is 9.26. The van der Waals surface area contributed by atoms with Crippen molar-refractivity contribution < 1.29 is 9.53 Å². The summed E-state index contributed by atoms with van der Waals surface area (Å²) in [6, 6.07) is 7.37. The van der Waals surface area contributed by atoms with Crippen molar-refractivity contribution >= 4 is 21.7 Å². The molecule has 0 aliphatic rings. The molecule has 0 fully saturated rings. The largest absolute Gasteiger partial charge is 0.486 e. The zero-order chi connectivity index (χ0) is 8.97. The number of ether oxygens (including phenoxy) is 1. The minimum Gasteiger partial charge on any atom is -0.486 e. The summed E-state index contributed by atoms with van der Waals surface area (Å²) in [6.45, 7) is 1.64. The summed E-state index contributed by atoms with van der Waals surface area (Å²) in [5, 5.41) is 0. The summed E-state index contributed by atoms with van der Waals surface area (Å²) in [5.74, 6) is 0.742. The van der Waals surface area contributed by atoms with Gasteiger partial charge >= 0.3 is 0 Å². The van der Waals surface area contributed by atoms with Gasteiger partial charge in [0.15, 0.2) is 5.78 Å². The van der Waals surface area contributed by atoms with Crippen molar-refractivity contribution in [3.05, 3.63) is 28.7 Å². The topological polar surface area (TPSA) is 26.3 Å². The fraction of sp³-hybridized carbons (Fsp3) is 0.222. The first-order valence-corrected chi connectivity index (χ1v) is 4.35. The van der Waals surface area contributed by atoms with Gasteiger partial charge in [-0.3, -0.25) is 4.79 Å². The standard InChI is InChI=1S/C9H9BrO2/c1-7(11)6-12-9-4-2-8(10)3-5-9/h2-5H,6H2,1H3. The second-order valence-corrected chi connectivity index (χ2v) is 3.36. The van der Waals surface area contributed by atoms with Crippen LogP contribution in [0, 0.1) is 0 Å². The summed E-state index contributed by atoms with van der Waals surface area (Å²) in [6.07, 6.45) is 0. The molecule has 0 aromatic heterocycles. The Balaban J connectivity index is 2.53. The molecular formula is C9H9BrO2. The van der Waals surface area contributed by atoms with E-state index < -0.39 is 0 Å². The maximum absolute atomic E-state index is 10.5. The molecule has 3 heteroatoms. The summed E-state index contributed by atoms with van der Waals surface area (Å²) in [7, 11) is 0. The van der Waals surface area contributed by atoms with Crippen molar-refractivity contribution in [2.24, 2.45) is 0 Å². The van der Waals surface area contributed by atoms with Crippen LogP contribution in [0.25, 0.3) is 0 Å². The van der Waals surface area contributed by atoms with Crippen molar-refractivity contribution in [3.63, 3.8) is 0 Å². The molecule has 1 aromatic carbocycles. The van der Waals surface area contributed by atoms with Crippen molar-refractivity contribution in [2.75, 3.05) is 6.61 Å². The molecule has 0 saturated heterocycles. The first-order valence-electron chi connectivity index (χ1n) is 3.56. The van der Waals surface area contributed by atoms with Crippen molar-refractivity contribution in [1.82, 2.24) is 0 Å². The SMILES string of the molecule is CC(=O)COc1ccc(Br)cc1. The zero-order valence-corrected chi connectivity index (χ0v) is 8.30. The van der Waals surface area contributed by atoms with Crippen LogP contribution in [-0.4, -0.2) is 12.4 Å². The molecule has 1 aromatic rings. The van der Waals surface area contributed by atoms with E-state index in [0.29, 0.717) is 5.75 Å². The van der Waals surface area contributed by atoms with Crippen LogP contribution in [0.4, 0.5) is 0 Å². The number of carbonyl (C=O) groups excluding carboxylic acids is 1. The Morgan fingerprint density at radius 1 is 1.42 bits per heavy atom. The summed E-state index contributed by atoms with van der Waals surface area (Å²) in [4.78, 5) is 10.5. The number of carbonyl (C=O) groups is 1. The molecule has 12 heavy (non-hydrogen) atoms. The molecule has 0 aliphatic heterocycles. The quantitative estimate of drug-likeness (QED) is 0.795. The molecule has 64 valence electrons. The highest BCUT2D eigenvalue weighted by Gasteiger charge is 1.95. The van der Waals surface area contributed by atoms with Gasteiger partial charge in [-0.05, 0) is 31.2 Å². The highest BCUT2D eigenvalue weighted by atomic mass is 79.9. The van der Waals surface area contributed by atoms with E-state index in [0.717, 1.165) is 4.47 Å². The van der Waals surface area contributed by atoms with Crippen LogP contribution >= 0.6 is 15.9 Å². The van der Waals surface area contributed by atoms with Crippen molar-refractivity contribution in [2.45, 2.75) is 6.92 Å². The Bertz CT molecular complexity index is 266. The third-order valence-electron chi connectivity index (χ3n) is 1.26. The van der Waals surface area contributed by atoms with E-state index in [1.807, 2.05) is 24.3 Å². The van der Waals surface area contributed by atoms with Crippen molar-refractivity contribution in [3.8, 4) is 5.75 Å². The molecule has 0 radical (unpaired) electrons. The van der Waals surface area contributed by atoms with Crippen LogP contribution in [0.5, 0.6) is 5.75 Å². The Morgan fingerprint density at radius 3 is 2.50 bits per heavy atom. The molecule has 0 bridgehead atoms. The molecule has 2 nitrogen and oxygen atoms in total. The van der Waals surface area contributed by atoms with Gasteiger partial charge in [0, 0.05) is 4.47 Å². The van der Waals surface area contributed by atoms with Gasteiger partial charge in [0.05, 0.1) is 0 Å². The lowest BCUT2D eigenvalue weighted by atomic mass is 10.3. The number of benzene rings is 1. The average Bonchev–Trinajstić information content (AvgIpc) is 2.03. The predicted octanol–water partition coefficient (Wildman–Crippen LogP) is 2.42. The Labute approximate surface area is 79.7 Å². The van der Waals surface area contributed by atoms with Gasteiger partial charge in [-0.1, -0.05) is 15.9 Å². The normalized spacial score (nSPS) is 9.50. The van der Waals surface area contributed by atoms with Crippen LogP contribution < -0.4 is 4.74 Å². The van der Waals surface area contributed by atoms with Gasteiger partial charge < -0.3 is 4.74 Å². The number of Topliss-reactive ketones (excluding diaryl/α,β-unsaturated/α-hetero) is 1. The van der Waals surface area contributed by atoms with Crippen LogP contribution in [0.3, 0.4) is 0 Å². The fourth-order valence-electron chi connectivity index (χ4n) is 0.716. The second-order valence-electron chi connectivity index (χ2n) is 2.44. The summed E-state index contributed by atoms with van der Waals surface area (Å²) >= 11 is 3.30. The number of ketones is 1. The minimum absolute atomic E-state index is 0.0259. The molecule has 0 N–H and O–H groups in total. The molecule has 0 spiro atoms. The maximum atomic E-state index is 10.5. The van der Waals surface area contributed by atoms with Crippen LogP contribution in [0.1, 0.15) is 6.92 Å². The Hall–Kier alpha value is -0.830. The molecular weight excluding hydrogens is 220 g/mol. The number of hydrogen-bond donors (Lipinski definition) is 0. The fourth-order valence-corrected chi connectivity index (χ4v) is 0.980. The smallest absolute Gasteiger partial charge is 0.167 e. The highest BCUT2D eigenvalue weighted by Crippen LogP contribution is 2.15. The van der Waals surface area contributed by atoms with E-state index in [-0.39, 0.29) is 12.4 Å². The molecule has 0 heterocycles. The third-order valence-corrected chi connectivity index (χ3v) is 1.78. The molecule has 1 rings (SSSR count). The Morgan fingerprint density at radius 2 is 2.00 bits per heavy atom. The molecule has 0 unspecified atom stereocenters. The Kier molecular flexibility index (Phi) is 3.29. The molecule has 0 amide bonds. The van der Waals surface area contributed by atoms with E-state index in [4.69, 9.17) is 4.74 Å². The molecule has 0 saturated carbocycles. The lowest BCUT2D eigenvalue weighted by Gasteiger charge is -2.02. The lowest BCUT2D eigenvalue weighted by molar-refractivity contribution is -0.118. The number of rotatable bonds is 3. The highest BCUT2D eigenvalue weighted by molar-refractivity contribution is 9.10. The monoisotopic (exact) mass is 228 g/mol. The van der Waals surface area contributed by atoms with E-state index in [9.17, 15) is 4.79 Å².